The Morgan fingerprint density at radius 2 is 2.07 bits per heavy atom. The van der Waals surface area contributed by atoms with E-state index in [4.69, 9.17) is 10.3 Å². The zero-order chi connectivity index (χ0) is 20.1. The minimum Gasteiger partial charge on any atom is -0.457 e. The highest BCUT2D eigenvalue weighted by atomic mass is 19.3. The minimum atomic E-state index is -2.94. The van der Waals surface area contributed by atoms with Crippen molar-refractivity contribution in [3.05, 3.63) is 53.9 Å². The molecule has 1 fully saturated rings. The lowest BCUT2D eigenvalue weighted by Crippen LogP contribution is -2.48. The SMILES string of the molecule is N=N/C(=C\Nc1ccc(F)c(C(F)F)c1)COc1ncc(N2CC(F)C2)cn1. The molecule has 28 heavy (non-hydrogen) atoms. The molecule has 2 heterocycles. The summed E-state index contributed by atoms with van der Waals surface area (Å²) in [6.07, 6.45) is 0.482. The highest BCUT2D eigenvalue weighted by Gasteiger charge is 2.26. The number of halogens is 4. The lowest BCUT2D eigenvalue weighted by molar-refractivity contribution is 0.146. The number of aromatic nitrogens is 2. The van der Waals surface area contributed by atoms with Crippen LogP contribution in [0, 0.1) is 11.3 Å². The Morgan fingerprint density at radius 1 is 1.36 bits per heavy atom. The van der Waals surface area contributed by atoms with E-state index in [1.807, 2.05) is 0 Å². The van der Waals surface area contributed by atoms with Crippen molar-refractivity contribution in [3.63, 3.8) is 0 Å². The minimum absolute atomic E-state index is 0.0393. The van der Waals surface area contributed by atoms with Crippen molar-refractivity contribution in [2.45, 2.75) is 12.6 Å². The van der Waals surface area contributed by atoms with Gasteiger partial charge in [-0.25, -0.2) is 33.1 Å². The Balaban J connectivity index is 1.56. The van der Waals surface area contributed by atoms with Gasteiger partial charge in [0.05, 0.1) is 36.7 Å². The molecule has 0 bridgehead atoms. The maximum Gasteiger partial charge on any atom is 0.316 e. The largest absolute Gasteiger partial charge is 0.457 e. The fraction of sp³-hybridized carbons (Fsp3) is 0.294. The summed E-state index contributed by atoms with van der Waals surface area (Å²) in [5.41, 5.74) is 7.43. The molecule has 0 saturated carbocycles. The zero-order valence-electron chi connectivity index (χ0n) is 14.4. The normalized spacial score (nSPS) is 14.8. The molecular weight excluding hydrogens is 380 g/mol. The van der Waals surface area contributed by atoms with Gasteiger partial charge in [0, 0.05) is 11.9 Å². The number of nitrogens with one attached hydrogen (secondary N) is 2. The van der Waals surface area contributed by atoms with Crippen molar-refractivity contribution in [2.75, 3.05) is 29.9 Å². The van der Waals surface area contributed by atoms with Crippen LogP contribution in [0.2, 0.25) is 0 Å². The molecule has 0 aliphatic carbocycles. The molecule has 1 aliphatic heterocycles. The molecule has 0 radical (unpaired) electrons. The van der Waals surface area contributed by atoms with Gasteiger partial charge < -0.3 is 15.0 Å². The van der Waals surface area contributed by atoms with E-state index >= 15 is 0 Å². The van der Waals surface area contributed by atoms with Crippen LogP contribution < -0.4 is 15.0 Å². The highest BCUT2D eigenvalue weighted by molar-refractivity contribution is 5.49. The van der Waals surface area contributed by atoms with Crippen molar-refractivity contribution in [2.24, 2.45) is 5.11 Å². The van der Waals surface area contributed by atoms with Crippen LogP contribution in [0.3, 0.4) is 0 Å². The van der Waals surface area contributed by atoms with E-state index < -0.39 is 24.0 Å². The van der Waals surface area contributed by atoms with Crippen LogP contribution in [0.4, 0.5) is 28.9 Å². The van der Waals surface area contributed by atoms with E-state index in [-0.39, 0.29) is 24.0 Å². The maximum atomic E-state index is 13.3. The third-order valence-electron chi connectivity index (χ3n) is 3.95. The second-order valence-electron chi connectivity index (χ2n) is 5.94. The van der Waals surface area contributed by atoms with Gasteiger partial charge in [0.1, 0.15) is 24.3 Å². The zero-order valence-corrected chi connectivity index (χ0v) is 14.4. The monoisotopic (exact) mass is 396 g/mol. The van der Waals surface area contributed by atoms with E-state index in [9.17, 15) is 17.6 Å². The summed E-state index contributed by atoms with van der Waals surface area (Å²) in [7, 11) is 0. The third kappa shape index (κ3) is 4.72. The van der Waals surface area contributed by atoms with Crippen LogP contribution in [-0.2, 0) is 0 Å². The molecule has 0 spiro atoms. The summed E-state index contributed by atoms with van der Waals surface area (Å²) in [6.45, 7) is 0.446. The molecule has 3 rings (SSSR count). The van der Waals surface area contributed by atoms with Gasteiger partial charge >= 0.3 is 6.01 Å². The van der Waals surface area contributed by atoms with Crippen LogP contribution in [0.15, 0.2) is 47.6 Å². The first-order valence-electron chi connectivity index (χ1n) is 8.20. The molecule has 1 aromatic heterocycles. The Labute approximate surface area is 157 Å². The third-order valence-corrected chi connectivity index (χ3v) is 3.95. The second-order valence-corrected chi connectivity index (χ2v) is 5.94. The summed E-state index contributed by atoms with van der Waals surface area (Å²) >= 11 is 0. The van der Waals surface area contributed by atoms with Crippen LogP contribution in [0.1, 0.15) is 12.0 Å². The average Bonchev–Trinajstić information content (AvgIpc) is 2.67. The predicted octanol–water partition coefficient (Wildman–Crippen LogP) is 4.07. The quantitative estimate of drug-likeness (QED) is 0.519. The first-order chi connectivity index (χ1) is 13.5. The molecule has 1 aromatic carbocycles. The molecule has 2 aromatic rings. The Bertz CT molecular complexity index is 855. The van der Waals surface area contributed by atoms with Crippen molar-refractivity contribution < 1.29 is 22.3 Å². The summed E-state index contributed by atoms with van der Waals surface area (Å²) in [5, 5.41) is 5.92. The molecule has 7 nitrogen and oxygen atoms in total. The highest BCUT2D eigenvalue weighted by Crippen LogP contribution is 2.25. The molecule has 0 amide bonds. The number of hydrogen-bond acceptors (Lipinski definition) is 7. The topological polar surface area (TPSA) is 86.5 Å². The molecular formula is C17H16F4N6O. The van der Waals surface area contributed by atoms with Crippen molar-refractivity contribution >= 4 is 11.4 Å². The second kappa shape index (κ2) is 8.63. The summed E-state index contributed by atoms with van der Waals surface area (Å²) in [6, 6.07) is 3.21. The number of rotatable bonds is 8. The van der Waals surface area contributed by atoms with Gasteiger partial charge in [0.25, 0.3) is 6.43 Å². The van der Waals surface area contributed by atoms with Gasteiger partial charge in [-0.15, -0.1) is 0 Å². The van der Waals surface area contributed by atoms with Crippen molar-refractivity contribution in [1.29, 1.82) is 5.53 Å². The van der Waals surface area contributed by atoms with Crippen LogP contribution in [-0.4, -0.2) is 35.8 Å². The van der Waals surface area contributed by atoms with Crippen molar-refractivity contribution in [3.8, 4) is 6.01 Å². The Hall–Kier alpha value is -3.24. The number of hydrogen-bond donors (Lipinski definition) is 2. The van der Waals surface area contributed by atoms with Gasteiger partial charge in [-0.3, -0.25) is 0 Å². The van der Waals surface area contributed by atoms with Crippen LogP contribution in [0.25, 0.3) is 0 Å². The average molecular weight is 396 g/mol. The van der Waals surface area contributed by atoms with E-state index in [1.54, 1.807) is 4.90 Å². The Morgan fingerprint density at radius 3 is 2.68 bits per heavy atom. The molecule has 1 aliphatic rings. The lowest BCUT2D eigenvalue weighted by Gasteiger charge is -2.35. The number of ether oxygens (including phenoxy) is 1. The standard InChI is InChI=1S/C17H16F4N6O/c18-10-7-27(8-10)13-5-24-17(25-6-13)28-9-12(26-22)4-23-11-1-2-15(19)14(3-11)16(20)21/h1-6,10,16,22-23H,7-9H2/b12-4-,26-22?. The summed E-state index contributed by atoms with van der Waals surface area (Å²) < 4.78 is 56.9. The van der Waals surface area contributed by atoms with Crippen LogP contribution in [0.5, 0.6) is 6.01 Å². The number of benzene rings is 1. The maximum absolute atomic E-state index is 13.3. The predicted molar refractivity (Wildman–Crippen MR) is 92.8 cm³/mol. The van der Waals surface area contributed by atoms with E-state index in [2.05, 4.69) is 20.4 Å². The molecule has 1 saturated heterocycles. The smallest absolute Gasteiger partial charge is 0.316 e. The van der Waals surface area contributed by atoms with Gasteiger partial charge in [0.15, 0.2) is 0 Å². The fourth-order valence-corrected chi connectivity index (χ4v) is 2.39. The Kier molecular flexibility index (Phi) is 6.02. The van der Waals surface area contributed by atoms with Crippen LogP contribution >= 0.6 is 0 Å². The fourth-order valence-electron chi connectivity index (χ4n) is 2.39. The van der Waals surface area contributed by atoms with Gasteiger partial charge in [-0.05, 0) is 18.2 Å². The number of nitrogens with zero attached hydrogens (tertiary/aromatic N) is 4. The molecule has 148 valence electrons. The van der Waals surface area contributed by atoms with Crippen molar-refractivity contribution in [1.82, 2.24) is 9.97 Å². The van der Waals surface area contributed by atoms with E-state index in [0.717, 1.165) is 12.1 Å². The summed E-state index contributed by atoms with van der Waals surface area (Å²) in [5.74, 6) is -1.00. The van der Waals surface area contributed by atoms with Gasteiger partial charge in [0.2, 0.25) is 0 Å². The summed E-state index contributed by atoms with van der Waals surface area (Å²) in [4.78, 5) is 9.77. The molecule has 0 atom stereocenters. The molecule has 2 N–H and O–H groups in total. The molecule has 11 heteroatoms. The van der Waals surface area contributed by atoms with Gasteiger partial charge in [-0.1, -0.05) is 0 Å². The van der Waals surface area contributed by atoms with Gasteiger partial charge in [-0.2, -0.15) is 5.11 Å². The lowest BCUT2D eigenvalue weighted by atomic mass is 10.2. The first kappa shape index (κ1) is 19.5. The number of alkyl halides is 3. The van der Waals surface area contributed by atoms with E-state index in [1.165, 1.54) is 24.7 Å². The molecule has 0 unspecified atom stereocenters. The first-order valence-corrected chi connectivity index (χ1v) is 8.20. The number of anilines is 2. The van der Waals surface area contributed by atoms with E-state index in [0.29, 0.717) is 18.8 Å².